The molecule has 20 heavy (non-hydrogen) atoms. The quantitative estimate of drug-likeness (QED) is 0.783. The highest BCUT2D eigenvalue weighted by atomic mass is 16.5. The average molecular weight is 271 g/mol. The predicted molar refractivity (Wildman–Crippen MR) is 78.5 cm³/mol. The molecular formula is C17H21NO2. The van der Waals surface area contributed by atoms with Gasteiger partial charge in [-0.25, -0.2) is 0 Å². The van der Waals surface area contributed by atoms with Crippen LogP contribution in [0.2, 0.25) is 0 Å². The van der Waals surface area contributed by atoms with E-state index in [1.807, 2.05) is 12.1 Å². The summed E-state index contributed by atoms with van der Waals surface area (Å²) >= 11 is 0. The van der Waals surface area contributed by atoms with Crippen LogP contribution in [0.4, 0.5) is 0 Å². The Morgan fingerprint density at radius 3 is 3.05 bits per heavy atom. The minimum absolute atomic E-state index is 0.524. The zero-order valence-corrected chi connectivity index (χ0v) is 11.7. The maximum atomic E-state index is 5.58. The molecule has 3 heteroatoms. The van der Waals surface area contributed by atoms with Crippen molar-refractivity contribution in [1.29, 1.82) is 0 Å². The molecule has 2 aromatic rings. The van der Waals surface area contributed by atoms with E-state index in [4.69, 9.17) is 9.15 Å². The van der Waals surface area contributed by atoms with Gasteiger partial charge in [-0.2, -0.15) is 0 Å². The largest absolute Gasteiger partial charge is 0.467 e. The van der Waals surface area contributed by atoms with Gasteiger partial charge in [0.15, 0.2) is 0 Å². The Hall–Kier alpha value is -1.58. The molecule has 0 radical (unpaired) electrons. The second-order valence-corrected chi connectivity index (χ2v) is 5.23. The summed E-state index contributed by atoms with van der Waals surface area (Å²) in [6.07, 6.45) is 5.12. The SMILES string of the molecule is c1coc(COCCCNC2CCc3ccccc32)c1. The van der Waals surface area contributed by atoms with Crippen LogP contribution in [-0.2, 0) is 17.8 Å². The predicted octanol–water partition coefficient (Wildman–Crippen LogP) is 3.46. The van der Waals surface area contributed by atoms with Crippen LogP contribution in [-0.4, -0.2) is 13.2 Å². The van der Waals surface area contributed by atoms with Gasteiger partial charge in [-0.1, -0.05) is 24.3 Å². The van der Waals surface area contributed by atoms with E-state index >= 15 is 0 Å². The van der Waals surface area contributed by atoms with Crippen molar-refractivity contribution in [3.63, 3.8) is 0 Å². The maximum Gasteiger partial charge on any atom is 0.129 e. The lowest BCUT2D eigenvalue weighted by Gasteiger charge is -2.13. The van der Waals surface area contributed by atoms with Crippen LogP contribution in [0.3, 0.4) is 0 Å². The number of nitrogens with one attached hydrogen (secondary N) is 1. The van der Waals surface area contributed by atoms with Crippen LogP contribution in [0.15, 0.2) is 47.1 Å². The smallest absolute Gasteiger partial charge is 0.129 e. The number of ether oxygens (including phenoxy) is 1. The number of furan rings is 1. The highest BCUT2D eigenvalue weighted by Crippen LogP contribution is 2.30. The summed E-state index contributed by atoms with van der Waals surface area (Å²) in [5.41, 5.74) is 2.98. The molecule has 1 aliphatic rings. The number of hydrogen-bond donors (Lipinski definition) is 1. The molecule has 3 nitrogen and oxygen atoms in total. The number of rotatable bonds is 7. The van der Waals surface area contributed by atoms with E-state index in [1.165, 1.54) is 24.0 Å². The maximum absolute atomic E-state index is 5.58. The van der Waals surface area contributed by atoms with Crippen LogP contribution in [0.1, 0.15) is 35.8 Å². The highest BCUT2D eigenvalue weighted by molar-refractivity contribution is 5.34. The first-order valence-electron chi connectivity index (χ1n) is 7.35. The van der Waals surface area contributed by atoms with Gasteiger partial charge in [0.1, 0.15) is 12.4 Å². The van der Waals surface area contributed by atoms with Crippen molar-refractivity contribution in [1.82, 2.24) is 5.32 Å². The van der Waals surface area contributed by atoms with Crippen LogP contribution in [0.5, 0.6) is 0 Å². The van der Waals surface area contributed by atoms with E-state index in [2.05, 4.69) is 29.6 Å². The molecule has 1 N–H and O–H groups in total. The van der Waals surface area contributed by atoms with Crippen molar-refractivity contribution in [2.75, 3.05) is 13.2 Å². The van der Waals surface area contributed by atoms with Crippen molar-refractivity contribution in [3.05, 3.63) is 59.5 Å². The van der Waals surface area contributed by atoms with Gasteiger partial charge in [0.2, 0.25) is 0 Å². The third kappa shape index (κ3) is 3.30. The Morgan fingerprint density at radius 1 is 1.20 bits per heavy atom. The van der Waals surface area contributed by atoms with Crippen molar-refractivity contribution in [3.8, 4) is 0 Å². The van der Waals surface area contributed by atoms with Gasteiger partial charge in [-0.15, -0.1) is 0 Å². The summed E-state index contributed by atoms with van der Waals surface area (Å²) in [6, 6.07) is 13.1. The monoisotopic (exact) mass is 271 g/mol. The minimum atomic E-state index is 0.524. The fourth-order valence-corrected chi connectivity index (χ4v) is 2.79. The first-order valence-corrected chi connectivity index (χ1v) is 7.35. The van der Waals surface area contributed by atoms with Gasteiger partial charge in [0.25, 0.3) is 0 Å². The molecule has 1 unspecified atom stereocenters. The second-order valence-electron chi connectivity index (χ2n) is 5.23. The molecule has 1 aliphatic carbocycles. The van der Waals surface area contributed by atoms with Gasteiger partial charge >= 0.3 is 0 Å². The standard InChI is InChI=1S/C17H21NO2/c1-2-7-16-14(5-1)8-9-17(16)18-10-4-11-19-13-15-6-3-12-20-15/h1-3,5-7,12,17-18H,4,8-11,13H2. The topological polar surface area (TPSA) is 34.4 Å². The van der Waals surface area contributed by atoms with Crippen molar-refractivity contribution >= 4 is 0 Å². The lowest BCUT2D eigenvalue weighted by Crippen LogP contribution is -2.21. The summed E-state index contributed by atoms with van der Waals surface area (Å²) in [7, 11) is 0. The van der Waals surface area contributed by atoms with Crippen LogP contribution in [0.25, 0.3) is 0 Å². The van der Waals surface area contributed by atoms with E-state index in [0.717, 1.165) is 25.3 Å². The fraction of sp³-hybridized carbons (Fsp3) is 0.412. The first kappa shape index (κ1) is 13.4. The Morgan fingerprint density at radius 2 is 2.15 bits per heavy atom. The lowest BCUT2D eigenvalue weighted by atomic mass is 10.1. The van der Waals surface area contributed by atoms with Gasteiger partial charge in [0.05, 0.1) is 6.26 Å². The Balaban J connectivity index is 1.33. The number of benzene rings is 1. The molecule has 106 valence electrons. The van der Waals surface area contributed by atoms with Crippen molar-refractivity contribution < 1.29 is 9.15 Å². The van der Waals surface area contributed by atoms with Gasteiger partial charge in [-0.05, 0) is 49.1 Å². The summed E-state index contributed by atoms with van der Waals surface area (Å²) < 4.78 is 10.8. The number of aryl methyl sites for hydroxylation is 1. The molecule has 0 bridgehead atoms. The average Bonchev–Trinajstić information content (AvgIpc) is 3.12. The summed E-state index contributed by atoms with van der Waals surface area (Å²) in [4.78, 5) is 0. The van der Waals surface area contributed by atoms with E-state index in [9.17, 15) is 0 Å². The highest BCUT2D eigenvalue weighted by Gasteiger charge is 2.20. The molecular weight excluding hydrogens is 250 g/mol. The first-order chi connectivity index (χ1) is 9.93. The Bertz CT molecular complexity index is 522. The fourth-order valence-electron chi connectivity index (χ4n) is 2.79. The molecule has 1 aromatic carbocycles. The zero-order valence-electron chi connectivity index (χ0n) is 11.7. The lowest BCUT2D eigenvalue weighted by molar-refractivity contribution is 0.103. The molecule has 0 saturated heterocycles. The van der Waals surface area contributed by atoms with Gasteiger partial charge in [0, 0.05) is 12.6 Å². The zero-order chi connectivity index (χ0) is 13.6. The van der Waals surface area contributed by atoms with Crippen LogP contribution < -0.4 is 5.32 Å². The Labute approximate surface area is 119 Å². The summed E-state index contributed by atoms with van der Waals surface area (Å²) in [5, 5.41) is 3.63. The van der Waals surface area contributed by atoms with Crippen LogP contribution in [0, 0.1) is 0 Å². The minimum Gasteiger partial charge on any atom is -0.467 e. The molecule has 0 saturated carbocycles. The number of hydrogen-bond acceptors (Lipinski definition) is 3. The normalized spacial score (nSPS) is 17.3. The van der Waals surface area contributed by atoms with E-state index in [0.29, 0.717) is 12.6 Å². The third-order valence-electron chi connectivity index (χ3n) is 3.81. The second kappa shape index (κ2) is 6.73. The summed E-state index contributed by atoms with van der Waals surface area (Å²) in [5.74, 6) is 0.891. The van der Waals surface area contributed by atoms with Crippen molar-refractivity contribution in [2.24, 2.45) is 0 Å². The molecule has 0 amide bonds. The Kier molecular flexibility index (Phi) is 4.51. The van der Waals surface area contributed by atoms with Gasteiger partial charge < -0.3 is 14.5 Å². The van der Waals surface area contributed by atoms with E-state index in [-0.39, 0.29) is 0 Å². The summed E-state index contributed by atoms with van der Waals surface area (Å²) in [6.45, 7) is 2.33. The van der Waals surface area contributed by atoms with E-state index in [1.54, 1.807) is 6.26 Å². The molecule has 0 spiro atoms. The van der Waals surface area contributed by atoms with Gasteiger partial charge in [-0.3, -0.25) is 0 Å². The van der Waals surface area contributed by atoms with E-state index < -0.39 is 0 Å². The number of fused-ring (bicyclic) bond motifs is 1. The molecule has 3 rings (SSSR count). The van der Waals surface area contributed by atoms with Crippen molar-refractivity contribution in [2.45, 2.75) is 31.9 Å². The molecule has 0 fully saturated rings. The third-order valence-corrected chi connectivity index (χ3v) is 3.81. The molecule has 1 atom stereocenters. The molecule has 1 heterocycles. The molecule has 0 aliphatic heterocycles. The molecule has 1 aromatic heterocycles. The van der Waals surface area contributed by atoms with Crippen LogP contribution >= 0.6 is 0 Å².